The minimum Gasteiger partial charge on any atom is -0.507 e. The van der Waals surface area contributed by atoms with Gasteiger partial charge in [0.15, 0.2) is 34.6 Å². The molecular formula is C28H23Cl2F2NO7. The molecule has 0 aromatic heterocycles. The molecule has 1 aliphatic heterocycles. The Hall–Kier alpha value is -4.02. The summed E-state index contributed by atoms with van der Waals surface area (Å²) in [5, 5.41) is 11.5. The van der Waals surface area contributed by atoms with Gasteiger partial charge in [0.05, 0.1) is 50.1 Å². The summed E-state index contributed by atoms with van der Waals surface area (Å²) < 4.78 is 49.6. The van der Waals surface area contributed by atoms with Crippen LogP contribution in [-0.2, 0) is 9.59 Å². The van der Waals surface area contributed by atoms with Crippen LogP contribution in [0.3, 0.4) is 0 Å². The smallest absolute Gasteiger partial charge is 0.300 e. The maximum absolute atomic E-state index is 14.3. The monoisotopic (exact) mass is 593 g/mol. The van der Waals surface area contributed by atoms with Crippen LogP contribution in [0.4, 0.5) is 14.5 Å². The maximum atomic E-state index is 14.3. The third kappa shape index (κ3) is 4.89. The van der Waals surface area contributed by atoms with Gasteiger partial charge in [-0.25, -0.2) is 8.78 Å². The standard InChI is InChI=1S/C28H23Cl2F2NO7/c1-5-40-20-10-13(6-9-19(20)37-2)23-21(24(34)15-12-16(29)27(39-4)22(30)26(15)38-3)25(35)28(36)33(23)14-7-8-17(31)18(32)11-14/h6-12,23,34H,5H2,1-4H3/b24-21+. The number of ether oxygens (including phenoxy) is 4. The van der Waals surface area contributed by atoms with Crippen molar-refractivity contribution >= 4 is 46.3 Å². The van der Waals surface area contributed by atoms with E-state index in [4.69, 9.17) is 42.1 Å². The summed E-state index contributed by atoms with van der Waals surface area (Å²) in [5.41, 5.74) is -0.334. The number of hydrogen-bond donors (Lipinski definition) is 1. The fourth-order valence-electron chi connectivity index (χ4n) is 4.47. The lowest BCUT2D eigenvalue weighted by molar-refractivity contribution is -0.132. The zero-order valence-electron chi connectivity index (χ0n) is 21.7. The highest BCUT2D eigenvalue weighted by atomic mass is 35.5. The van der Waals surface area contributed by atoms with Crippen molar-refractivity contribution in [2.24, 2.45) is 0 Å². The molecule has 1 heterocycles. The van der Waals surface area contributed by atoms with Crippen molar-refractivity contribution in [2.45, 2.75) is 13.0 Å². The molecule has 210 valence electrons. The molecule has 0 saturated carbocycles. The minimum absolute atomic E-state index is 0.00989. The van der Waals surface area contributed by atoms with Gasteiger partial charge in [0, 0.05) is 11.8 Å². The maximum Gasteiger partial charge on any atom is 0.300 e. The summed E-state index contributed by atoms with van der Waals surface area (Å²) in [6, 6.07) is 7.31. The number of amides is 1. The summed E-state index contributed by atoms with van der Waals surface area (Å²) in [7, 11) is 4.05. The van der Waals surface area contributed by atoms with Crippen molar-refractivity contribution in [1.29, 1.82) is 0 Å². The van der Waals surface area contributed by atoms with Crippen LogP contribution in [0.5, 0.6) is 23.0 Å². The van der Waals surface area contributed by atoms with Crippen molar-refractivity contribution in [1.82, 2.24) is 0 Å². The molecule has 1 fully saturated rings. The predicted molar refractivity (Wildman–Crippen MR) is 145 cm³/mol. The first kappa shape index (κ1) is 29.0. The molecule has 12 heteroatoms. The van der Waals surface area contributed by atoms with Gasteiger partial charge in [-0.15, -0.1) is 0 Å². The molecule has 1 amide bonds. The van der Waals surface area contributed by atoms with Gasteiger partial charge >= 0.3 is 0 Å². The number of hydrogen-bond acceptors (Lipinski definition) is 7. The molecule has 0 bridgehead atoms. The van der Waals surface area contributed by atoms with E-state index in [2.05, 4.69) is 0 Å². The summed E-state index contributed by atoms with van der Waals surface area (Å²) in [6.45, 7) is 2.02. The van der Waals surface area contributed by atoms with Crippen LogP contribution in [0.2, 0.25) is 10.0 Å². The third-order valence-corrected chi connectivity index (χ3v) is 6.85. The second-order valence-electron chi connectivity index (χ2n) is 8.40. The average molecular weight is 594 g/mol. The summed E-state index contributed by atoms with van der Waals surface area (Å²) in [5.74, 6) is -4.63. The van der Waals surface area contributed by atoms with E-state index in [0.29, 0.717) is 11.3 Å². The van der Waals surface area contributed by atoms with E-state index in [1.54, 1.807) is 19.1 Å². The number of carbonyl (C=O) groups excluding carboxylic acids is 2. The Kier molecular flexibility index (Phi) is 8.41. The van der Waals surface area contributed by atoms with Gasteiger partial charge in [0.25, 0.3) is 11.7 Å². The van der Waals surface area contributed by atoms with Crippen LogP contribution in [-0.4, -0.2) is 44.7 Å². The molecule has 0 spiro atoms. The highest BCUT2D eigenvalue weighted by Crippen LogP contribution is 2.48. The molecule has 3 aromatic rings. The lowest BCUT2D eigenvalue weighted by Crippen LogP contribution is -2.29. The van der Waals surface area contributed by atoms with E-state index in [9.17, 15) is 23.5 Å². The first-order valence-corrected chi connectivity index (χ1v) is 12.5. The molecule has 1 atom stereocenters. The van der Waals surface area contributed by atoms with Gasteiger partial charge in [-0.2, -0.15) is 0 Å². The Balaban J connectivity index is 2.05. The molecule has 1 aliphatic rings. The number of methoxy groups -OCH3 is 3. The van der Waals surface area contributed by atoms with Gasteiger partial charge in [-0.3, -0.25) is 14.5 Å². The predicted octanol–water partition coefficient (Wildman–Crippen LogP) is 6.32. The molecule has 8 nitrogen and oxygen atoms in total. The van der Waals surface area contributed by atoms with Gasteiger partial charge in [0.2, 0.25) is 0 Å². The summed E-state index contributed by atoms with van der Waals surface area (Å²) >= 11 is 12.7. The van der Waals surface area contributed by atoms with Gasteiger partial charge in [0.1, 0.15) is 10.8 Å². The zero-order chi connectivity index (χ0) is 29.3. The first-order chi connectivity index (χ1) is 19.1. The number of rotatable bonds is 8. The van der Waals surface area contributed by atoms with E-state index >= 15 is 0 Å². The fraction of sp³-hybridized carbons (Fsp3) is 0.214. The SMILES string of the molecule is CCOc1cc(C2/C(=C(\O)c3cc(Cl)c(OC)c(Cl)c3OC)C(=O)C(=O)N2c2ccc(F)c(F)c2)ccc1OC. The molecule has 3 aromatic carbocycles. The summed E-state index contributed by atoms with van der Waals surface area (Å²) in [6.07, 6.45) is 0. The molecule has 4 rings (SSSR count). The van der Waals surface area contributed by atoms with Gasteiger partial charge < -0.3 is 24.1 Å². The van der Waals surface area contributed by atoms with E-state index < -0.39 is 40.7 Å². The van der Waals surface area contributed by atoms with Crippen molar-refractivity contribution in [3.05, 3.63) is 80.8 Å². The van der Waals surface area contributed by atoms with Crippen LogP contribution in [0.25, 0.3) is 5.76 Å². The number of ketones is 1. The fourth-order valence-corrected chi connectivity index (χ4v) is 5.16. The molecule has 1 saturated heterocycles. The lowest BCUT2D eigenvalue weighted by atomic mass is 9.94. The number of anilines is 1. The molecule has 1 N–H and O–H groups in total. The van der Waals surface area contributed by atoms with Crippen molar-refractivity contribution in [3.63, 3.8) is 0 Å². The Morgan fingerprint density at radius 1 is 0.925 bits per heavy atom. The lowest BCUT2D eigenvalue weighted by Gasteiger charge is -2.26. The Labute approximate surface area is 238 Å². The van der Waals surface area contributed by atoms with Crippen LogP contribution >= 0.6 is 23.2 Å². The van der Waals surface area contributed by atoms with Crippen molar-refractivity contribution < 1.29 is 42.4 Å². The topological polar surface area (TPSA) is 94.5 Å². The second kappa shape index (κ2) is 11.6. The number of nitrogens with zero attached hydrogens (tertiary/aromatic N) is 1. The van der Waals surface area contributed by atoms with Crippen LogP contribution < -0.4 is 23.8 Å². The van der Waals surface area contributed by atoms with E-state index in [-0.39, 0.29) is 45.2 Å². The summed E-state index contributed by atoms with van der Waals surface area (Å²) in [4.78, 5) is 27.9. The van der Waals surface area contributed by atoms with E-state index in [1.165, 1.54) is 33.5 Å². The zero-order valence-corrected chi connectivity index (χ0v) is 23.2. The highest BCUT2D eigenvalue weighted by Gasteiger charge is 2.48. The van der Waals surface area contributed by atoms with Crippen LogP contribution in [0, 0.1) is 11.6 Å². The minimum atomic E-state index is -1.32. The molecule has 0 aliphatic carbocycles. The number of halogens is 4. The Bertz CT molecular complexity index is 1540. The van der Waals surface area contributed by atoms with Crippen molar-refractivity contribution in [3.8, 4) is 23.0 Å². The quantitative estimate of drug-likeness (QED) is 0.185. The van der Waals surface area contributed by atoms with Crippen LogP contribution in [0.1, 0.15) is 24.1 Å². The Morgan fingerprint density at radius 2 is 1.62 bits per heavy atom. The molecule has 0 radical (unpaired) electrons. The van der Waals surface area contributed by atoms with E-state index in [1.807, 2.05) is 0 Å². The van der Waals surface area contributed by atoms with Crippen molar-refractivity contribution in [2.75, 3.05) is 32.8 Å². The number of aliphatic hydroxyl groups excluding tert-OH is 1. The number of aliphatic hydroxyl groups is 1. The average Bonchev–Trinajstić information content (AvgIpc) is 3.20. The number of Topliss-reactive ketones (excluding diaryl/α,β-unsaturated/α-hetero) is 1. The van der Waals surface area contributed by atoms with Crippen LogP contribution in [0.15, 0.2) is 48.0 Å². The third-order valence-electron chi connectivity index (χ3n) is 6.22. The second-order valence-corrected chi connectivity index (χ2v) is 9.18. The molecule has 40 heavy (non-hydrogen) atoms. The largest absolute Gasteiger partial charge is 0.507 e. The normalized spacial score (nSPS) is 16.3. The van der Waals surface area contributed by atoms with E-state index in [0.717, 1.165) is 23.1 Å². The molecule has 1 unspecified atom stereocenters. The number of benzene rings is 3. The van der Waals surface area contributed by atoms with Gasteiger partial charge in [-0.1, -0.05) is 29.3 Å². The Morgan fingerprint density at radius 3 is 2.23 bits per heavy atom. The van der Waals surface area contributed by atoms with Gasteiger partial charge in [-0.05, 0) is 42.8 Å². The highest BCUT2D eigenvalue weighted by molar-refractivity contribution is 6.52. The first-order valence-electron chi connectivity index (χ1n) is 11.8. The number of carbonyl (C=O) groups is 2. The molecular weight excluding hydrogens is 571 g/mol.